The van der Waals surface area contributed by atoms with Crippen molar-refractivity contribution in [2.45, 2.75) is 44.2 Å². The van der Waals surface area contributed by atoms with Crippen molar-refractivity contribution in [2.75, 3.05) is 6.54 Å². The van der Waals surface area contributed by atoms with E-state index in [1.165, 1.54) is 12.8 Å². The lowest BCUT2D eigenvalue weighted by molar-refractivity contribution is 0.0720. The van der Waals surface area contributed by atoms with Crippen LogP contribution in [0.2, 0.25) is 0 Å². The van der Waals surface area contributed by atoms with Gasteiger partial charge in [0.25, 0.3) is 5.91 Å². The highest BCUT2D eigenvalue weighted by atomic mass is 16.2. The predicted molar refractivity (Wildman–Crippen MR) is 81.5 cm³/mol. The Labute approximate surface area is 129 Å². The van der Waals surface area contributed by atoms with E-state index in [2.05, 4.69) is 10.2 Å². The van der Waals surface area contributed by atoms with Crippen LogP contribution in [0.5, 0.6) is 0 Å². The summed E-state index contributed by atoms with van der Waals surface area (Å²) in [6, 6.07) is 2.16. The molecule has 2 aromatic heterocycles. The monoisotopic (exact) mass is 299 g/mol. The van der Waals surface area contributed by atoms with E-state index in [4.69, 9.17) is 0 Å². The van der Waals surface area contributed by atoms with Crippen molar-refractivity contribution >= 4 is 5.91 Å². The van der Waals surface area contributed by atoms with Gasteiger partial charge in [0.2, 0.25) is 0 Å². The number of nitrogens with zero attached hydrogens (tertiary/aromatic N) is 5. The molecule has 2 fully saturated rings. The number of hydrogen-bond donors (Lipinski definition) is 0. The predicted octanol–water partition coefficient (Wildman–Crippen LogP) is 1.80. The molecule has 6 heteroatoms. The van der Waals surface area contributed by atoms with Gasteiger partial charge < -0.3 is 4.90 Å². The van der Waals surface area contributed by atoms with Crippen molar-refractivity contribution in [1.29, 1.82) is 0 Å². The Morgan fingerprint density at radius 1 is 1.32 bits per heavy atom. The molecule has 2 aromatic rings. The molecule has 1 saturated heterocycles. The average molecular weight is 299 g/mol. The summed E-state index contributed by atoms with van der Waals surface area (Å²) in [4.78, 5) is 15.0. The molecule has 0 spiro atoms. The Hall–Kier alpha value is -2.11. The van der Waals surface area contributed by atoms with Crippen LogP contribution in [0.15, 0.2) is 24.7 Å². The quantitative estimate of drug-likeness (QED) is 0.865. The molecule has 4 rings (SSSR count). The van der Waals surface area contributed by atoms with Gasteiger partial charge in [0.15, 0.2) is 0 Å². The smallest absolute Gasteiger partial charge is 0.257 e. The molecule has 116 valence electrons. The summed E-state index contributed by atoms with van der Waals surface area (Å²) in [5.74, 6) is 0.670. The van der Waals surface area contributed by atoms with Crippen LogP contribution in [-0.2, 0) is 13.6 Å². The number of rotatable bonds is 4. The molecular weight excluding hydrogens is 278 g/mol. The Bertz CT molecular complexity index is 671. The van der Waals surface area contributed by atoms with Gasteiger partial charge in [0, 0.05) is 31.9 Å². The molecule has 1 aliphatic heterocycles. The maximum absolute atomic E-state index is 13.0. The van der Waals surface area contributed by atoms with E-state index in [-0.39, 0.29) is 11.9 Å². The molecule has 1 amide bonds. The van der Waals surface area contributed by atoms with Gasteiger partial charge >= 0.3 is 0 Å². The topological polar surface area (TPSA) is 56.0 Å². The number of hydrogen-bond acceptors (Lipinski definition) is 3. The lowest BCUT2D eigenvalue weighted by atomic mass is 10.1. The third kappa shape index (κ3) is 2.32. The second kappa shape index (κ2) is 5.26. The molecule has 1 unspecified atom stereocenters. The van der Waals surface area contributed by atoms with Crippen LogP contribution in [0.4, 0.5) is 0 Å². The highest BCUT2D eigenvalue weighted by Gasteiger charge is 2.36. The van der Waals surface area contributed by atoms with Gasteiger partial charge in [0.1, 0.15) is 0 Å². The van der Waals surface area contributed by atoms with E-state index >= 15 is 0 Å². The number of aromatic nitrogens is 4. The number of aryl methyl sites for hydroxylation is 1. The minimum atomic E-state index is 0.143. The van der Waals surface area contributed by atoms with Gasteiger partial charge in [-0.25, -0.2) is 0 Å². The fourth-order valence-electron chi connectivity index (χ4n) is 3.52. The molecule has 1 saturated carbocycles. The van der Waals surface area contributed by atoms with E-state index in [1.807, 2.05) is 33.6 Å². The SMILES string of the molecule is Cn1ncc(C(=O)N2CCCC2Cn2cccn2)c1C1CC1. The third-order valence-electron chi connectivity index (χ3n) is 4.77. The summed E-state index contributed by atoms with van der Waals surface area (Å²) in [6.07, 6.45) is 9.96. The third-order valence-corrected chi connectivity index (χ3v) is 4.77. The molecule has 22 heavy (non-hydrogen) atoms. The lowest BCUT2D eigenvalue weighted by Crippen LogP contribution is -2.38. The zero-order valence-corrected chi connectivity index (χ0v) is 12.9. The van der Waals surface area contributed by atoms with Crippen molar-refractivity contribution in [3.63, 3.8) is 0 Å². The molecule has 2 aliphatic rings. The van der Waals surface area contributed by atoms with Crippen LogP contribution in [0, 0.1) is 0 Å². The first kappa shape index (κ1) is 13.5. The lowest BCUT2D eigenvalue weighted by Gasteiger charge is -2.24. The minimum Gasteiger partial charge on any atom is -0.334 e. The summed E-state index contributed by atoms with van der Waals surface area (Å²) in [7, 11) is 1.94. The second-order valence-electron chi connectivity index (χ2n) is 6.36. The normalized spacial score (nSPS) is 21.5. The van der Waals surface area contributed by atoms with Gasteiger partial charge in [0.05, 0.1) is 30.0 Å². The van der Waals surface area contributed by atoms with Crippen LogP contribution >= 0.6 is 0 Å². The molecular formula is C16H21N5O. The van der Waals surface area contributed by atoms with Gasteiger partial charge in [-0.2, -0.15) is 10.2 Å². The largest absolute Gasteiger partial charge is 0.334 e. The summed E-state index contributed by atoms with van der Waals surface area (Å²) in [6.45, 7) is 1.61. The zero-order valence-electron chi connectivity index (χ0n) is 12.9. The first-order chi connectivity index (χ1) is 10.7. The van der Waals surface area contributed by atoms with E-state index in [9.17, 15) is 4.79 Å². The van der Waals surface area contributed by atoms with Gasteiger partial charge in [-0.3, -0.25) is 14.2 Å². The maximum atomic E-state index is 13.0. The van der Waals surface area contributed by atoms with Crippen LogP contribution in [0.3, 0.4) is 0 Å². The number of likely N-dealkylation sites (tertiary alicyclic amines) is 1. The van der Waals surface area contributed by atoms with E-state index in [1.54, 1.807) is 12.4 Å². The van der Waals surface area contributed by atoms with E-state index in [0.29, 0.717) is 5.92 Å². The Morgan fingerprint density at radius 3 is 2.91 bits per heavy atom. The van der Waals surface area contributed by atoms with E-state index in [0.717, 1.165) is 37.2 Å². The first-order valence-electron chi connectivity index (χ1n) is 8.04. The first-order valence-corrected chi connectivity index (χ1v) is 8.04. The number of carbonyl (C=O) groups excluding carboxylic acids is 1. The highest BCUT2D eigenvalue weighted by molar-refractivity contribution is 5.95. The molecule has 0 bridgehead atoms. The van der Waals surface area contributed by atoms with Gasteiger partial charge in [-0.1, -0.05) is 0 Å². The van der Waals surface area contributed by atoms with Crippen LogP contribution in [0.25, 0.3) is 0 Å². The van der Waals surface area contributed by atoms with Crippen LogP contribution in [-0.4, -0.2) is 43.0 Å². The standard InChI is InChI=1S/C16H21N5O/c1-19-15(12-5-6-12)14(10-18-19)16(22)21-9-2-4-13(21)11-20-8-3-7-17-20/h3,7-8,10,12-13H,2,4-6,9,11H2,1H3. The fourth-order valence-corrected chi connectivity index (χ4v) is 3.52. The Kier molecular flexibility index (Phi) is 3.24. The van der Waals surface area contributed by atoms with Crippen molar-refractivity contribution in [2.24, 2.45) is 7.05 Å². The Morgan fingerprint density at radius 2 is 2.18 bits per heavy atom. The van der Waals surface area contributed by atoms with Crippen LogP contribution < -0.4 is 0 Å². The van der Waals surface area contributed by atoms with Crippen molar-refractivity contribution < 1.29 is 4.79 Å². The van der Waals surface area contributed by atoms with Crippen molar-refractivity contribution in [3.05, 3.63) is 35.9 Å². The minimum absolute atomic E-state index is 0.143. The molecule has 0 aromatic carbocycles. The zero-order chi connectivity index (χ0) is 15.1. The average Bonchev–Trinajstić information content (AvgIpc) is 2.94. The Balaban J connectivity index is 1.56. The number of amides is 1. The molecule has 0 N–H and O–H groups in total. The van der Waals surface area contributed by atoms with Gasteiger partial charge in [-0.05, 0) is 31.7 Å². The number of carbonyl (C=O) groups is 1. The summed E-state index contributed by atoms with van der Waals surface area (Å²) in [5.41, 5.74) is 1.92. The molecule has 6 nitrogen and oxygen atoms in total. The molecule has 0 radical (unpaired) electrons. The van der Waals surface area contributed by atoms with Crippen molar-refractivity contribution in [3.8, 4) is 0 Å². The summed E-state index contributed by atoms with van der Waals surface area (Å²) in [5, 5.41) is 8.59. The summed E-state index contributed by atoms with van der Waals surface area (Å²) < 4.78 is 3.80. The molecule has 3 heterocycles. The van der Waals surface area contributed by atoms with Gasteiger partial charge in [-0.15, -0.1) is 0 Å². The fraction of sp³-hybridized carbons (Fsp3) is 0.562. The second-order valence-corrected chi connectivity index (χ2v) is 6.36. The van der Waals surface area contributed by atoms with Crippen molar-refractivity contribution in [1.82, 2.24) is 24.5 Å². The summed E-state index contributed by atoms with van der Waals surface area (Å²) >= 11 is 0. The van der Waals surface area contributed by atoms with E-state index < -0.39 is 0 Å². The molecule has 1 atom stereocenters. The highest BCUT2D eigenvalue weighted by Crippen LogP contribution is 2.41. The van der Waals surface area contributed by atoms with Crippen LogP contribution in [0.1, 0.15) is 47.7 Å². The molecule has 1 aliphatic carbocycles. The maximum Gasteiger partial charge on any atom is 0.257 e.